The van der Waals surface area contributed by atoms with Gasteiger partial charge in [-0.05, 0) is 0 Å². The predicted molar refractivity (Wildman–Crippen MR) is 94.4 cm³/mol. The Bertz CT molecular complexity index is 331. The van der Waals surface area contributed by atoms with Gasteiger partial charge in [0.05, 0.1) is 0 Å². The summed E-state index contributed by atoms with van der Waals surface area (Å²) in [6, 6.07) is 0. The van der Waals surface area contributed by atoms with Crippen LogP contribution in [0.25, 0.3) is 0 Å². The summed E-state index contributed by atoms with van der Waals surface area (Å²) in [5.41, 5.74) is 0. The molecule has 0 aliphatic heterocycles. The second kappa shape index (κ2) is 17.2. The van der Waals surface area contributed by atoms with E-state index in [1.807, 2.05) is 0 Å². The molecule has 0 aromatic rings. The first-order chi connectivity index (χ1) is 11.1. The average molecular weight is 392 g/mol. The van der Waals surface area contributed by atoms with Crippen LogP contribution in [0.15, 0.2) is 0 Å². The first kappa shape index (κ1) is 23.4. The molecule has 0 aliphatic carbocycles. The van der Waals surface area contributed by atoms with E-state index in [0.29, 0.717) is 0 Å². The maximum absolute atomic E-state index is 10.6. The summed E-state index contributed by atoms with van der Waals surface area (Å²) in [6.45, 7) is 2.52. The van der Waals surface area contributed by atoms with E-state index in [1.165, 1.54) is 89.9 Å². The Morgan fingerprint density at radius 1 is 0.609 bits per heavy atom. The quantitative estimate of drug-likeness (QED) is 0.211. The molecular formula is C18H37NiO3S. The molecule has 0 bridgehead atoms. The summed E-state index contributed by atoms with van der Waals surface area (Å²) >= 11 is 3.84. The van der Waals surface area contributed by atoms with Gasteiger partial charge in [0.25, 0.3) is 0 Å². The van der Waals surface area contributed by atoms with E-state index in [4.69, 9.17) is 0 Å². The van der Waals surface area contributed by atoms with Crippen molar-refractivity contribution < 1.29 is 27.0 Å². The first-order valence-electron chi connectivity index (χ1n) is 9.62. The second-order valence-corrected chi connectivity index (χ2v) is 8.93. The Labute approximate surface area is 151 Å². The molecule has 5 heteroatoms. The van der Waals surface area contributed by atoms with Gasteiger partial charge in [-0.15, -0.1) is 0 Å². The summed E-state index contributed by atoms with van der Waals surface area (Å²) in [5.74, 6) is 0. The van der Waals surface area contributed by atoms with Crippen LogP contribution in [-0.2, 0) is 27.2 Å². The molecule has 0 atom stereocenters. The average Bonchev–Trinajstić information content (AvgIpc) is 2.49. The van der Waals surface area contributed by atoms with Crippen molar-refractivity contribution in [1.29, 1.82) is 0 Å². The van der Waals surface area contributed by atoms with Crippen molar-refractivity contribution in [2.45, 2.75) is 110 Å². The molecule has 0 amide bonds. The molecule has 0 saturated carbocycles. The van der Waals surface area contributed by atoms with Gasteiger partial charge in [-0.1, -0.05) is 51.9 Å². The third-order valence-corrected chi connectivity index (χ3v) is 5.00. The van der Waals surface area contributed by atoms with Gasteiger partial charge in [-0.2, -0.15) is 0 Å². The van der Waals surface area contributed by atoms with Crippen LogP contribution in [-0.4, -0.2) is 15.0 Å². The number of rotatable bonds is 18. The molecule has 23 heavy (non-hydrogen) atoms. The third kappa shape index (κ3) is 22.4. The predicted octanol–water partition coefficient (Wildman–Crippen LogP) is 6.06. The van der Waals surface area contributed by atoms with Crippen LogP contribution in [0.5, 0.6) is 0 Å². The summed E-state index contributed by atoms with van der Waals surface area (Å²) in [7, 11) is -3.62. The second-order valence-electron chi connectivity index (χ2n) is 6.49. The summed E-state index contributed by atoms with van der Waals surface area (Å²) < 4.78 is 25.8. The Kier molecular flexibility index (Phi) is 17.5. The zero-order valence-electron chi connectivity index (χ0n) is 15.0. The normalized spacial score (nSPS) is 12.0. The number of hydrogen-bond acceptors (Lipinski definition) is 3. The minimum atomic E-state index is -3.62. The van der Waals surface area contributed by atoms with Crippen molar-refractivity contribution in [3.8, 4) is 0 Å². The summed E-state index contributed by atoms with van der Waals surface area (Å²) in [5, 5.41) is 0. The van der Waals surface area contributed by atoms with Crippen LogP contribution in [0, 0.1) is 0 Å². The Morgan fingerprint density at radius 2 is 0.913 bits per heavy atom. The standard InChI is InChI=1S/C18H37O3S.Ni/c1-2-3-4-5-6-7-8-9-10-11-12-13-14-15-16-17-18-21-22(19)20;/h2-18H2,1H3;. The molecule has 0 heterocycles. The Morgan fingerprint density at radius 3 is 1.22 bits per heavy atom. The minimum absolute atomic E-state index is 0.251. The van der Waals surface area contributed by atoms with Crippen molar-refractivity contribution in [3.05, 3.63) is 0 Å². The Balaban J connectivity index is 3.03. The van der Waals surface area contributed by atoms with Crippen molar-refractivity contribution in [2.75, 3.05) is 6.61 Å². The van der Waals surface area contributed by atoms with E-state index >= 15 is 0 Å². The molecule has 143 valence electrons. The molecule has 0 spiro atoms. The molecule has 0 saturated heterocycles. The van der Waals surface area contributed by atoms with Crippen LogP contribution in [0.4, 0.5) is 0 Å². The molecule has 0 aromatic carbocycles. The van der Waals surface area contributed by atoms with Gasteiger partial charge >= 0.3 is 100 Å². The zero-order valence-corrected chi connectivity index (χ0v) is 16.8. The third-order valence-electron chi connectivity index (χ3n) is 4.21. The van der Waals surface area contributed by atoms with Crippen molar-refractivity contribution >= 4 is 8.64 Å². The van der Waals surface area contributed by atoms with Gasteiger partial charge in [0.2, 0.25) is 0 Å². The van der Waals surface area contributed by atoms with Gasteiger partial charge in [0, 0.05) is 0 Å². The molecule has 0 rings (SSSR count). The van der Waals surface area contributed by atoms with Gasteiger partial charge < -0.3 is 0 Å². The molecule has 0 fully saturated rings. The van der Waals surface area contributed by atoms with Crippen LogP contribution in [0.3, 0.4) is 0 Å². The van der Waals surface area contributed by atoms with Gasteiger partial charge in [-0.25, -0.2) is 0 Å². The number of hydrogen-bond donors (Lipinski definition) is 0. The maximum atomic E-state index is 10.6. The van der Waals surface area contributed by atoms with E-state index in [-0.39, 0.29) is 6.61 Å². The van der Waals surface area contributed by atoms with E-state index in [0.717, 1.165) is 12.8 Å². The van der Waals surface area contributed by atoms with E-state index in [2.05, 4.69) is 25.5 Å². The topological polar surface area (TPSA) is 43.4 Å². The zero-order chi connectivity index (χ0) is 17.2. The van der Waals surface area contributed by atoms with Crippen molar-refractivity contribution in [1.82, 2.24) is 0 Å². The van der Waals surface area contributed by atoms with Crippen LogP contribution in [0.1, 0.15) is 110 Å². The SMILES string of the molecule is CCCCCCCCCCCCCCCCCCO[S](=O)(=O)[Ni]. The van der Waals surface area contributed by atoms with Crippen LogP contribution < -0.4 is 0 Å². The van der Waals surface area contributed by atoms with Gasteiger partial charge in [0.1, 0.15) is 0 Å². The number of unbranched alkanes of at least 4 members (excludes halogenated alkanes) is 15. The molecule has 0 unspecified atom stereocenters. The molecule has 0 N–H and O–H groups in total. The van der Waals surface area contributed by atoms with Gasteiger partial charge in [-0.3, -0.25) is 0 Å². The molecule has 3 nitrogen and oxygen atoms in total. The van der Waals surface area contributed by atoms with E-state index in [9.17, 15) is 8.42 Å². The van der Waals surface area contributed by atoms with Gasteiger partial charge in [0.15, 0.2) is 0 Å². The fraction of sp³-hybridized carbons (Fsp3) is 1.00. The van der Waals surface area contributed by atoms with Crippen molar-refractivity contribution in [2.24, 2.45) is 0 Å². The first-order valence-corrected chi connectivity index (χ1v) is 12.1. The Hall–Kier alpha value is 0.404. The van der Waals surface area contributed by atoms with Crippen LogP contribution >= 0.6 is 0 Å². The van der Waals surface area contributed by atoms with Crippen LogP contribution in [0.2, 0.25) is 0 Å². The van der Waals surface area contributed by atoms with Crippen molar-refractivity contribution in [3.63, 3.8) is 0 Å². The van der Waals surface area contributed by atoms with E-state index in [1.54, 1.807) is 0 Å². The molecule has 0 aromatic heterocycles. The summed E-state index contributed by atoms with van der Waals surface area (Å²) in [6.07, 6.45) is 20.9. The summed E-state index contributed by atoms with van der Waals surface area (Å²) in [4.78, 5) is 0. The molecule has 0 radical (unpaired) electrons. The van der Waals surface area contributed by atoms with E-state index < -0.39 is 8.64 Å². The fourth-order valence-electron chi connectivity index (χ4n) is 2.80. The molecule has 0 aliphatic rings. The fourth-order valence-corrected chi connectivity index (χ4v) is 3.36. The monoisotopic (exact) mass is 391 g/mol. The molecular weight excluding hydrogens is 355 g/mol.